The summed E-state index contributed by atoms with van der Waals surface area (Å²) in [4.78, 5) is 3.22. The Kier molecular flexibility index (Phi) is 3.59. The molecule has 0 amide bonds. The van der Waals surface area contributed by atoms with Crippen molar-refractivity contribution in [1.29, 1.82) is 0 Å². The number of hydrogen-bond acceptors (Lipinski definition) is 0. The van der Waals surface area contributed by atoms with E-state index in [1.807, 2.05) is 0 Å². The van der Waals surface area contributed by atoms with Gasteiger partial charge in [-0.05, 0) is 88.5 Å². The molecule has 24 heavy (non-hydrogen) atoms. The van der Waals surface area contributed by atoms with Gasteiger partial charge in [0.25, 0.3) is 0 Å². The molecule has 4 atom stereocenters. The first-order chi connectivity index (χ1) is 11.9. The van der Waals surface area contributed by atoms with Crippen molar-refractivity contribution in [3.05, 3.63) is 72.8 Å². The van der Waals surface area contributed by atoms with Gasteiger partial charge >= 0.3 is 0 Å². The molecule has 1 heterocycles. The summed E-state index contributed by atoms with van der Waals surface area (Å²) in [5.74, 6) is 6.48. The largest absolute Gasteiger partial charge is 0.188 e. The average Bonchev–Trinajstić information content (AvgIpc) is 3.19. The van der Waals surface area contributed by atoms with Gasteiger partial charge in [-0.1, -0.05) is 48.6 Å². The lowest BCUT2D eigenvalue weighted by atomic mass is 9.80. The molecule has 2 aliphatic carbocycles. The summed E-state index contributed by atoms with van der Waals surface area (Å²) in [7, 11) is -0.880. The molecule has 0 aromatic heterocycles. The molecule has 1 saturated carbocycles. The summed E-state index contributed by atoms with van der Waals surface area (Å²) >= 11 is 0. The molecule has 124 valence electrons. The molecule has 2 bridgehead atoms. The monoisotopic (exact) mass is 334 g/mol. The third-order valence-corrected chi connectivity index (χ3v) is 11.0. The molecule has 1 heteroatoms. The Balaban J connectivity index is 1.56. The highest BCUT2D eigenvalue weighted by molar-refractivity contribution is 8.33. The van der Waals surface area contributed by atoms with E-state index in [2.05, 4.69) is 72.8 Å². The molecule has 3 aliphatic rings. The minimum atomic E-state index is -0.880. The molecular weight excluding hydrogens is 308 g/mol. The first-order valence-corrected chi connectivity index (χ1v) is 11.4. The third-order valence-electron chi connectivity index (χ3n) is 6.79. The van der Waals surface area contributed by atoms with Gasteiger partial charge < -0.3 is 0 Å². The summed E-state index contributed by atoms with van der Waals surface area (Å²) in [6, 6.07) is 22.9. The number of hydrogen-bond donors (Lipinski definition) is 0. The quantitative estimate of drug-likeness (QED) is 0.579. The molecule has 2 aromatic carbocycles. The minimum Gasteiger partial charge on any atom is -0.188 e. The lowest BCUT2D eigenvalue weighted by Crippen LogP contribution is -2.18. The van der Waals surface area contributed by atoms with Crippen LogP contribution in [0.1, 0.15) is 19.3 Å². The van der Waals surface area contributed by atoms with Crippen molar-refractivity contribution in [2.75, 3.05) is 11.5 Å². The molecular formula is C23H26S. The van der Waals surface area contributed by atoms with Gasteiger partial charge in [-0.2, -0.15) is 10.0 Å². The van der Waals surface area contributed by atoms with E-state index in [0.29, 0.717) is 0 Å². The van der Waals surface area contributed by atoms with Gasteiger partial charge in [-0.3, -0.25) is 0 Å². The van der Waals surface area contributed by atoms with E-state index in [4.69, 9.17) is 0 Å². The second kappa shape index (κ2) is 5.81. The van der Waals surface area contributed by atoms with E-state index in [1.54, 1.807) is 9.79 Å². The van der Waals surface area contributed by atoms with Crippen LogP contribution in [0, 0.1) is 23.7 Å². The predicted octanol–water partition coefficient (Wildman–Crippen LogP) is 6.14. The highest BCUT2D eigenvalue weighted by Gasteiger charge is 2.47. The zero-order valence-electron chi connectivity index (χ0n) is 14.2. The topological polar surface area (TPSA) is 0 Å². The molecule has 1 saturated heterocycles. The van der Waals surface area contributed by atoms with Crippen molar-refractivity contribution in [2.24, 2.45) is 23.7 Å². The fourth-order valence-electron chi connectivity index (χ4n) is 5.63. The van der Waals surface area contributed by atoms with Gasteiger partial charge in [0.1, 0.15) is 0 Å². The van der Waals surface area contributed by atoms with E-state index >= 15 is 0 Å². The molecule has 2 aromatic rings. The summed E-state index contributed by atoms with van der Waals surface area (Å²) in [5, 5.41) is 0. The number of fused-ring (bicyclic) bond motifs is 5. The van der Waals surface area contributed by atoms with E-state index in [-0.39, 0.29) is 0 Å². The Labute approximate surface area is 147 Å². The Morgan fingerprint density at radius 2 is 1.08 bits per heavy atom. The maximum Gasteiger partial charge on any atom is -0.00592 e. The van der Waals surface area contributed by atoms with Crippen LogP contribution in [0.25, 0.3) is 0 Å². The lowest BCUT2D eigenvalue weighted by molar-refractivity contribution is 0.301. The van der Waals surface area contributed by atoms with Gasteiger partial charge in [-0.25, -0.2) is 0 Å². The molecule has 0 nitrogen and oxygen atoms in total. The summed E-state index contributed by atoms with van der Waals surface area (Å²) < 4.78 is 0. The zero-order chi connectivity index (χ0) is 16.0. The summed E-state index contributed by atoms with van der Waals surface area (Å²) in [6.45, 7) is 0. The number of rotatable bonds is 2. The van der Waals surface area contributed by atoms with Gasteiger partial charge in [0.15, 0.2) is 0 Å². The first kappa shape index (κ1) is 14.8. The minimum absolute atomic E-state index is 0.880. The van der Waals surface area contributed by atoms with Gasteiger partial charge in [0.2, 0.25) is 0 Å². The van der Waals surface area contributed by atoms with Crippen LogP contribution in [0.2, 0.25) is 0 Å². The van der Waals surface area contributed by atoms with E-state index in [1.165, 1.54) is 30.8 Å². The Bertz CT molecular complexity index is 670. The number of benzene rings is 2. The van der Waals surface area contributed by atoms with Crippen LogP contribution < -0.4 is 0 Å². The van der Waals surface area contributed by atoms with Crippen molar-refractivity contribution in [3.8, 4) is 0 Å². The highest BCUT2D eigenvalue weighted by atomic mass is 32.3. The van der Waals surface area contributed by atoms with E-state index in [0.717, 1.165) is 23.7 Å². The van der Waals surface area contributed by atoms with Crippen molar-refractivity contribution < 1.29 is 0 Å². The highest BCUT2D eigenvalue weighted by Crippen LogP contribution is 2.67. The van der Waals surface area contributed by atoms with Crippen LogP contribution in [0.15, 0.2) is 82.6 Å². The van der Waals surface area contributed by atoms with Gasteiger partial charge in [0, 0.05) is 0 Å². The van der Waals surface area contributed by atoms with Crippen molar-refractivity contribution in [2.45, 2.75) is 29.1 Å². The maximum absolute atomic E-state index is 2.54. The smallest absolute Gasteiger partial charge is 0.00592 e. The fourth-order valence-corrected chi connectivity index (χ4v) is 9.75. The lowest BCUT2D eigenvalue weighted by Gasteiger charge is -2.40. The molecule has 0 spiro atoms. The molecule has 5 rings (SSSR count). The van der Waals surface area contributed by atoms with Crippen LogP contribution in [0.5, 0.6) is 0 Å². The second-order valence-corrected chi connectivity index (χ2v) is 11.3. The Morgan fingerprint density at radius 3 is 1.54 bits per heavy atom. The molecule has 0 unspecified atom stereocenters. The average molecular weight is 335 g/mol. The molecule has 0 N–H and O–H groups in total. The van der Waals surface area contributed by atoms with Crippen LogP contribution in [0.3, 0.4) is 0 Å². The maximum atomic E-state index is 2.54. The van der Waals surface area contributed by atoms with Crippen LogP contribution in [0.4, 0.5) is 0 Å². The van der Waals surface area contributed by atoms with E-state index in [9.17, 15) is 0 Å². The SMILES string of the molecule is C1=C[C@H]2C[C@@H]1[C@@H]1CCS(c3ccccc3)(c3ccccc3)CC[C@H]12. The first-order valence-electron chi connectivity index (χ1n) is 9.44. The van der Waals surface area contributed by atoms with Crippen LogP contribution in [-0.2, 0) is 0 Å². The van der Waals surface area contributed by atoms with Crippen molar-refractivity contribution in [1.82, 2.24) is 0 Å². The van der Waals surface area contributed by atoms with Crippen LogP contribution in [-0.4, -0.2) is 11.5 Å². The number of allylic oxidation sites excluding steroid dienone is 2. The fraction of sp³-hybridized carbons (Fsp3) is 0.391. The second-order valence-electron chi connectivity index (χ2n) is 7.77. The Hall–Kier alpha value is -1.47. The standard InChI is InChI=1S/C23H26S/c1-3-7-20(8-4-1)24(21-9-5-2-6-10-21)15-13-22-18-11-12-19(17-18)23(22)14-16-24/h1-12,18-19,22-23H,13-17H2/t18-,19+,22-,23-/m0/s1. The summed E-state index contributed by atoms with van der Waals surface area (Å²) in [5.41, 5.74) is 0. The van der Waals surface area contributed by atoms with Gasteiger partial charge in [0.05, 0.1) is 0 Å². The Morgan fingerprint density at radius 1 is 0.625 bits per heavy atom. The van der Waals surface area contributed by atoms with Crippen LogP contribution >= 0.6 is 10.0 Å². The van der Waals surface area contributed by atoms with E-state index < -0.39 is 10.0 Å². The molecule has 2 fully saturated rings. The summed E-state index contributed by atoms with van der Waals surface area (Å²) in [6.07, 6.45) is 9.39. The zero-order valence-corrected chi connectivity index (χ0v) is 15.0. The normalized spacial score (nSPS) is 34.5. The van der Waals surface area contributed by atoms with Gasteiger partial charge in [-0.15, -0.1) is 0 Å². The predicted molar refractivity (Wildman–Crippen MR) is 104 cm³/mol. The van der Waals surface area contributed by atoms with Crippen molar-refractivity contribution in [3.63, 3.8) is 0 Å². The molecule has 1 aliphatic heterocycles. The van der Waals surface area contributed by atoms with Crippen molar-refractivity contribution >= 4 is 10.0 Å². The molecule has 0 radical (unpaired) electrons. The third kappa shape index (κ3) is 2.21.